The number of likely N-dealkylation sites (N-methyl/N-ethyl adjacent to an activating group) is 1. The largest absolute Gasteiger partial charge is 0.409 e. The molecule has 2 rings (SSSR count). The summed E-state index contributed by atoms with van der Waals surface area (Å²) in [5, 5.41) is 12.2. The van der Waals surface area contributed by atoms with Crippen molar-refractivity contribution >= 4 is 11.5 Å². The van der Waals surface area contributed by atoms with Gasteiger partial charge in [-0.3, -0.25) is 0 Å². The number of nitrogens with two attached hydrogens (primary N) is 1. The van der Waals surface area contributed by atoms with Crippen molar-refractivity contribution in [3.05, 3.63) is 65.7 Å². The Bertz CT molecular complexity index is 593. The maximum atomic E-state index is 9.03. The minimum absolute atomic E-state index is 0.150. The first-order valence-electron chi connectivity index (χ1n) is 6.92. The molecule has 0 spiro atoms. The summed E-state index contributed by atoms with van der Waals surface area (Å²) < 4.78 is 0. The summed E-state index contributed by atoms with van der Waals surface area (Å²) in [6, 6.07) is 18.2. The minimum atomic E-state index is -0.150. The molecular weight excluding hydrogens is 262 g/mol. The number of hydrogen-bond donors (Lipinski definition) is 2. The molecule has 4 heteroatoms. The third-order valence-electron chi connectivity index (χ3n) is 3.61. The van der Waals surface area contributed by atoms with Crippen LogP contribution in [0.1, 0.15) is 17.0 Å². The van der Waals surface area contributed by atoms with Crippen LogP contribution in [0.15, 0.2) is 59.8 Å². The van der Waals surface area contributed by atoms with Crippen LogP contribution in [-0.2, 0) is 0 Å². The molecule has 2 aromatic carbocycles. The van der Waals surface area contributed by atoms with Crippen molar-refractivity contribution in [1.82, 2.24) is 0 Å². The first-order chi connectivity index (χ1) is 10.1. The predicted octanol–water partition coefficient (Wildman–Crippen LogP) is 2.96. The molecule has 1 atom stereocenters. The van der Waals surface area contributed by atoms with E-state index >= 15 is 0 Å². The van der Waals surface area contributed by atoms with Gasteiger partial charge in [0.1, 0.15) is 5.84 Å². The van der Waals surface area contributed by atoms with Gasteiger partial charge in [0.25, 0.3) is 0 Å². The van der Waals surface area contributed by atoms with Crippen LogP contribution in [0.5, 0.6) is 0 Å². The molecule has 0 aromatic heterocycles. The van der Waals surface area contributed by atoms with Crippen LogP contribution < -0.4 is 10.6 Å². The zero-order valence-electron chi connectivity index (χ0n) is 12.4. The predicted molar refractivity (Wildman–Crippen MR) is 87.0 cm³/mol. The Morgan fingerprint density at radius 1 is 1.14 bits per heavy atom. The van der Waals surface area contributed by atoms with Crippen LogP contribution in [0.3, 0.4) is 0 Å². The van der Waals surface area contributed by atoms with Gasteiger partial charge in [0.15, 0.2) is 0 Å². The SMILES string of the molecule is Cc1ccc(N(C)CC(C(N)=NO)c2ccccc2)cc1. The molecule has 0 aliphatic heterocycles. The Morgan fingerprint density at radius 3 is 2.33 bits per heavy atom. The Hall–Kier alpha value is -2.49. The summed E-state index contributed by atoms with van der Waals surface area (Å²) in [5.41, 5.74) is 9.24. The first-order valence-corrected chi connectivity index (χ1v) is 6.92. The van der Waals surface area contributed by atoms with Gasteiger partial charge in [-0.25, -0.2) is 0 Å². The first kappa shape index (κ1) is 14.9. The Morgan fingerprint density at radius 2 is 1.76 bits per heavy atom. The Balaban J connectivity index is 2.21. The zero-order valence-corrected chi connectivity index (χ0v) is 12.4. The molecule has 2 aromatic rings. The van der Waals surface area contributed by atoms with Crippen LogP contribution >= 0.6 is 0 Å². The van der Waals surface area contributed by atoms with E-state index in [0.717, 1.165) is 11.3 Å². The second-order valence-electron chi connectivity index (χ2n) is 5.20. The third kappa shape index (κ3) is 3.75. The number of hydrogen-bond acceptors (Lipinski definition) is 3. The van der Waals surface area contributed by atoms with Crippen molar-refractivity contribution in [2.24, 2.45) is 10.9 Å². The van der Waals surface area contributed by atoms with Gasteiger partial charge in [0, 0.05) is 19.3 Å². The van der Waals surface area contributed by atoms with Crippen LogP contribution in [0, 0.1) is 6.92 Å². The molecule has 0 radical (unpaired) electrons. The summed E-state index contributed by atoms with van der Waals surface area (Å²) in [6.07, 6.45) is 0. The molecule has 3 N–H and O–H groups in total. The van der Waals surface area contributed by atoms with E-state index in [9.17, 15) is 0 Å². The van der Waals surface area contributed by atoms with Gasteiger partial charge in [-0.1, -0.05) is 53.2 Å². The molecule has 0 fully saturated rings. The quantitative estimate of drug-likeness (QED) is 0.384. The fourth-order valence-electron chi connectivity index (χ4n) is 2.30. The van der Waals surface area contributed by atoms with E-state index in [1.807, 2.05) is 37.4 Å². The molecule has 4 nitrogen and oxygen atoms in total. The fourth-order valence-corrected chi connectivity index (χ4v) is 2.30. The standard InChI is InChI=1S/C17H21N3O/c1-13-8-10-15(11-9-13)20(2)12-16(17(18)19-21)14-6-4-3-5-7-14/h3-11,16,21H,12H2,1-2H3,(H2,18,19). The highest BCUT2D eigenvalue weighted by atomic mass is 16.4. The molecule has 0 aliphatic rings. The molecule has 0 amide bonds. The maximum Gasteiger partial charge on any atom is 0.148 e. The normalized spacial score (nSPS) is 13.0. The van der Waals surface area contributed by atoms with Gasteiger partial charge in [0.2, 0.25) is 0 Å². The lowest BCUT2D eigenvalue weighted by atomic mass is 9.97. The number of rotatable bonds is 5. The van der Waals surface area contributed by atoms with Crippen LogP contribution in [-0.4, -0.2) is 24.6 Å². The number of aryl methyl sites for hydroxylation is 1. The zero-order chi connectivity index (χ0) is 15.2. The topological polar surface area (TPSA) is 61.8 Å². The lowest BCUT2D eigenvalue weighted by Crippen LogP contribution is -2.33. The highest BCUT2D eigenvalue weighted by molar-refractivity contribution is 5.87. The van der Waals surface area contributed by atoms with Crippen molar-refractivity contribution in [1.29, 1.82) is 0 Å². The summed E-state index contributed by atoms with van der Waals surface area (Å²) >= 11 is 0. The molecule has 1 unspecified atom stereocenters. The smallest absolute Gasteiger partial charge is 0.148 e. The Kier molecular flexibility index (Phi) is 4.82. The molecule has 0 saturated carbocycles. The molecular formula is C17H21N3O. The van der Waals surface area contributed by atoms with Crippen molar-refractivity contribution < 1.29 is 5.21 Å². The van der Waals surface area contributed by atoms with Crippen molar-refractivity contribution in [3.8, 4) is 0 Å². The summed E-state index contributed by atoms with van der Waals surface area (Å²) in [4.78, 5) is 2.11. The van der Waals surface area contributed by atoms with Gasteiger partial charge in [-0.15, -0.1) is 0 Å². The molecule has 0 aliphatic carbocycles. The van der Waals surface area contributed by atoms with E-state index in [0.29, 0.717) is 6.54 Å². The lowest BCUT2D eigenvalue weighted by Gasteiger charge is -2.25. The van der Waals surface area contributed by atoms with E-state index in [1.165, 1.54) is 5.56 Å². The number of anilines is 1. The molecule has 110 valence electrons. The van der Waals surface area contributed by atoms with Crippen molar-refractivity contribution in [2.45, 2.75) is 12.8 Å². The van der Waals surface area contributed by atoms with Gasteiger partial charge >= 0.3 is 0 Å². The van der Waals surface area contributed by atoms with E-state index in [4.69, 9.17) is 10.9 Å². The highest BCUT2D eigenvalue weighted by Crippen LogP contribution is 2.21. The number of benzene rings is 2. The third-order valence-corrected chi connectivity index (χ3v) is 3.61. The monoisotopic (exact) mass is 283 g/mol. The van der Waals surface area contributed by atoms with E-state index in [1.54, 1.807) is 0 Å². The van der Waals surface area contributed by atoms with E-state index < -0.39 is 0 Å². The summed E-state index contributed by atoms with van der Waals surface area (Å²) in [6.45, 7) is 2.70. The average Bonchev–Trinajstić information content (AvgIpc) is 2.53. The second kappa shape index (κ2) is 6.79. The van der Waals surface area contributed by atoms with Crippen molar-refractivity contribution in [2.75, 3.05) is 18.5 Å². The van der Waals surface area contributed by atoms with E-state index in [2.05, 4.69) is 41.2 Å². The number of nitrogens with zero attached hydrogens (tertiary/aromatic N) is 2. The highest BCUT2D eigenvalue weighted by Gasteiger charge is 2.19. The maximum absolute atomic E-state index is 9.03. The fraction of sp³-hybridized carbons (Fsp3) is 0.235. The molecule has 0 heterocycles. The average molecular weight is 283 g/mol. The van der Waals surface area contributed by atoms with Gasteiger partial charge in [0.05, 0.1) is 5.92 Å². The Labute approximate surface area is 125 Å². The molecule has 0 bridgehead atoms. The van der Waals surface area contributed by atoms with Gasteiger partial charge in [-0.2, -0.15) is 0 Å². The number of amidine groups is 1. The van der Waals surface area contributed by atoms with E-state index in [-0.39, 0.29) is 11.8 Å². The van der Waals surface area contributed by atoms with Crippen LogP contribution in [0.4, 0.5) is 5.69 Å². The van der Waals surface area contributed by atoms with Crippen LogP contribution in [0.25, 0.3) is 0 Å². The summed E-state index contributed by atoms with van der Waals surface area (Å²) in [7, 11) is 2.01. The van der Waals surface area contributed by atoms with Crippen molar-refractivity contribution in [3.63, 3.8) is 0 Å². The van der Waals surface area contributed by atoms with Gasteiger partial charge < -0.3 is 15.8 Å². The minimum Gasteiger partial charge on any atom is -0.409 e. The molecule has 21 heavy (non-hydrogen) atoms. The van der Waals surface area contributed by atoms with Gasteiger partial charge in [-0.05, 0) is 24.6 Å². The van der Waals surface area contributed by atoms with Crippen LogP contribution in [0.2, 0.25) is 0 Å². The summed E-state index contributed by atoms with van der Waals surface area (Å²) in [5.74, 6) is 0.0719. The second-order valence-corrected chi connectivity index (χ2v) is 5.20. The molecule has 0 saturated heterocycles. The number of oxime groups is 1. The lowest BCUT2D eigenvalue weighted by molar-refractivity contribution is 0.316.